The van der Waals surface area contributed by atoms with Crippen molar-refractivity contribution < 1.29 is 13.5 Å². The van der Waals surface area contributed by atoms with Gasteiger partial charge in [-0.1, -0.05) is 13.8 Å². The molecule has 0 saturated carbocycles. The molecule has 108 valence electrons. The van der Waals surface area contributed by atoms with Crippen molar-refractivity contribution in [2.24, 2.45) is 5.92 Å². The number of hydrogen-bond acceptors (Lipinski definition) is 4. The summed E-state index contributed by atoms with van der Waals surface area (Å²) < 4.78 is 26.8. The summed E-state index contributed by atoms with van der Waals surface area (Å²) in [5.41, 5.74) is 5.56. The van der Waals surface area contributed by atoms with E-state index in [9.17, 15) is 13.5 Å². The second kappa shape index (κ2) is 6.25. The number of sulfonamides is 1. The van der Waals surface area contributed by atoms with Gasteiger partial charge in [0.1, 0.15) is 5.75 Å². The van der Waals surface area contributed by atoms with Gasteiger partial charge in [-0.25, -0.2) is 13.1 Å². The third kappa shape index (κ3) is 4.72. The minimum atomic E-state index is -3.59. The third-order valence-corrected chi connectivity index (χ3v) is 4.43. The van der Waals surface area contributed by atoms with Crippen LogP contribution in [0.5, 0.6) is 5.75 Å². The van der Waals surface area contributed by atoms with E-state index >= 15 is 0 Å². The number of benzene rings is 1. The van der Waals surface area contributed by atoms with E-state index in [1.165, 1.54) is 18.2 Å². The summed E-state index contributed by atoms with van der Waals surface area (Å²) in [5.74, 6) is 0.420. The number of nitrogens with one attached hydrogen (secondary N) is 1. The number of phenols is 1. The third-order valence-electron chi connectivity index (χ3n) is 2.84. The Balaban J connectivity index is 2.77. The molecule has 0 aliphatic rings. The summed E-state index contributed by atoms with van der Waals surface area (Å²) in [6.07, 6.45) is 1.74. The number of nitrogens with two attached hydrogens (primary N) is 1. The van der Waals surface area contributed by atoms with Crippen molar-refractivity contribution in [3.8, 4) is 5.75 Å². The molecule has 0 aliphatic heterocycles. The zero-order valence-electron chi connectivity index (χ0n) is 11.6. The van der Waals surface area contributed by atoms with Gasteiger partial charge >= 0.3 is 0 Å². The van der Waals surface area contributed by atoms with Crippen molar-refractivity contribution in [3.63, 3.8) is 0 Å². The largest absolute Gasteiger partial charge is 0.506 e. The lowest BCUT2D eigenvalue weighted by molar-refractivity contribution is 0.477. The Morgan fingerprint density at radius 2 is 1.89 bits per heavy atom. The molecule has 19 heavy (non-hydrogen) atoms. The smallest absolute Gasteiger partial charge is 0.240 e. The van der Waals surface area contributed by atoms with Crippen LogP contribution < -0.4 is 10.5 Å². The number of aromatic hydroxyl groups is 1. The predicted molar refractivity (Wildman–Crippen MR) is 76.4 cm³/mol. The van der Waals surface area contributed by atoms with Crippen molar-refractivity contribution in [1.82, 2.24) is 4.72 Å². The van der Waals surface area contributed by atoms with Gasteiger partial charge in [0.2, 0.25) is 10.0 Å². The Morgan fingerprint density at radius 3 is 2.42 bits per heavy atom. The average Bonchev–Trinajstić information content (AvgIpc) is 2.29. The fourth-order valence-corrected chi connectivity index (χ4v) is 2.99. The zero-order valence-corrected chi connectivity index (χ0v) is 12.4. The number of anilines is 1. The molecule has 1 atom stereocenters. The molecule has 0 amide bonds. The van der Waals surface area contributed by atoms with Gasteiger partial charge in [0, 0.05) is 6.04 Å². The maximum absolute atomic E-state index is 12.1. The summed E-state index contributed by atoms with van der Waals surface area (Å²) in [7, 11) is -3.59. The molecular formula is C13H22N2O3S. The number of rotatable bonds is 6. The van der Waals surface area contributed by atoms with Gasteiger partial charge < -0.3 is 10.8 Å². The molecule has 1 unspecified atom stereocenters. The highest BCUT2D eigenvalue weighted by Crippen LogP contribution is 2.23. The highest BCUT2D eigenvalue weighted by Gasteiger charge is 2.18. The maximum Gasteiger partial charge on any atom is 0.240 e. The first-order valence-electron chi connectivity index (χ1n) is 6.33. The van der Waals surface area contributed by atoms with Gasteiger partial charge in [-0.2, -0.15) is 0 Å². The van der Waals surface area contributed by atoms with Crippen molar-refractivity contribution in [2.45, 2.75) is 44.6 Å². The van der Waals surface area contributed by atoms with Gasteiger partial charge in [-0.15, -0.1) is 0 Å². The molecule has 4 N–H and O–H groups in total. The highest BCUT2D eigenvalue weighted by atomic mass is 32.2. The van der Waals surface area contributed by atoms with Crippen LogP contribution in [0.2, 0.25) is 0 Å². The zero-order chi connectivity index (χ0) is 14.6. The highest BCUT2D eigenvalue weighted by molar-refractivity contribution is 7.89. The molecular weight excluding hydrogens is 264 g/mol. The minimum absolute atomic E-state index is 0.0534. The quantitative estimate of drug-likeness (QED) is 0.551. The Morgan fingerprint density at radius 1 is 1.26 bits per heavy atom. The molecule has 0 spiro atoms. The SMILES string of the molecule is CC(C)CCC(C)NS(=O)(=O)c1ccc(O)c(N)c1. The van der Waals surface area contributed by atoms with Gasteiger partial charge in [0.25, 0.3) is 0 Å². The van der Waals surface area contributed by atoms with Crippen LogP contribution in [-0.4, -0.2) is 19.6 Å². The lowest BCUT2D eigenvalue weighted by Crippen LogP contribution is -2.32. The fourth-order valence-electron chi connectivity index (χ4n) is 1.67. The normalized spacial score (nSPS) is 13.7. The van der Waals surface area contributed by atoms with Crippen LogP contribution in [0.3, 0.4) is 0 Å². The monoisotopic (exact) mass is 286 g/mol. The van der Waals surface area contributed by atoms with Gasteiger partial charge in [-0.3, -0.25) is 0 Å². The Hall–Kier alpha value is -1.27. The second-order valence-electron chi connectivity index (χ2n) is 5.21. The predicted octanol–water partition coefficient (Wildman–Crippen LogP) is 2.08. The molecule has 1 rings (SSSR count). The number of nitrogen functional groups attached to an aromatic ring is 1. The van der Waals surface area contributed by atoms with Gasteiger partial charge in [0.15, 0.2) is 0 Å². The van der Waals surface area contributed by atoms with E-state index < -0.39 is 10.0 Å². The number of phenolic OH excluding ortho intramolecular Hbond substituents is 1. The molecule has 0 radical (unpaired) electrons. The second-order valence-corrected chi connectivity index (χ2v) is 6.93. The van der Waals surface area contributed by atoms with Crippen LogP contribution in [0.15, 0.2) is 23.1 Å². The van der Waals surface area contributed by atoms with Crippen molar-refractivity contribution in [1.29, 1.82) is 0 Å². The lowest BCUT2D eigenvalue weighted by Gasteiger charge is -2.15. The van der Waals surface area contributed by atoms with E-state index in [-0.39, 0.29) is 22.4 Å². The summed E-state index contributed by atoms with van der Waals surface area (Å²) in [6, 6.07) is 3.74. The van der Waals surface area contributed by atoms with Crippen LogP contribution >= 0.6 is 0 Å². The fraction of sp³-hybridized carbons (Fsp3) is 0.538. The van der Waals surface area contributed by atoms with Crippen LogP contribution in [0.25, 0.3) is 0 Å². The Bertz CT molecular complexity index is 527. The summed E-state index contributed by atoms with van der Waals surface area (Å²) in [6.45, 7) is 6.04. The summed E-state index contributed by atoms with van der Waals surface area (Å²) >= 11 is 0. The van der Waals surface area contributed by atoms with Crippen molar-refractivity contribution in [3.05, 3.63) is 18.2 Å². The molecule has 5 nitrogen and oxygen atoms in total. The van der Waals surface area contributed by atoms with E-state index in [0.717, 1.165) is 12.8 Å². The molecule has 0 aliphatic carbocycles. The maximum atomic E-state index is 12.1. The Kier molecular flexibility index (Phi) is 5.20. The van der Waals surface area contributed by atoms with E-state index in [2.05, 4.69) is 18.6 Å². The molecule has 6 heteroatoms. The molecule has 1 aromatic carbocycles. The van der Waals surface area contributed by atoms with Gasteiger partial charge in [0.05, 0.1) is 10.6 Å². The van der Waals surface area contributed by atoms with Crippen LogP contribution in [-0.2, 0) is 10.0 Å². The van der Waals surface area contributed by atoms with Crippen LogP contribution in [0.4, 0.5) is 5.69 Å². The molecule has 0 fully saturated rings. The van der Waals surface area contributed by atoms with Crippen LogP contribution in [0, 0.1) is 5.92 Å². The topological polar surface area (TPSA) is 92.4 Å². The lowest BCUT2D eigenvalue weighted by atomic mass is 10.1. The standard InChI is InChI=1S/C13H22N2O3S/c1-9(2)4-5-10(3)15-19(17,18)11-6-7-13(16)12(14)8-11/h6-10,15-16H,4-5,14H2,1-3H3. The first-order valence-corrected chi connectivity index (χ1v) is 7.81. The minimum Gasteiger partial charge on any atom is -0.506 e. The molecule has 0 bridgehead atoms. The molecule has 0 saturated heterocycles. The molecule has 0 aromatic heterocycles. The van der Waals surface area contributed by atoms with Crippen molar-refractivity contribution >= 4 is 15.7 Å². The van der Waals surface area contributed by atoms with Crippen LogP contribution in [0.1, 0.15) is 33.6 Å². The number of hydrogen-bond donors (Lipinski definition) is 3. The first-order chi connectivity index (χ1) is 8.72. The van der Waals surface area contributed by atoms with E-state index in [0.29, 0.717) is 5.92 Å². The van der Waals surface area contributed by atoms with Gasteiger partial charge in [-0.05, 0) is 43.9 Å². The summed E-state index contributed by atoms with van der Waals surface area (Å²) in [4.78, 5) is 0.0687. The Labute approximate surface area is 114 Å². The van der Waals surface area contributed by atoms with E-state index in [1.807, 2.05) is 6.92 Å². The average molecular weight is 286 g/mol. The van der Waals surface area contributed by atoms with E-state index in [4.69, 9.17) is 5.73 Å². The molecule has 0 heterocycles. The first kappa shape index (κ1) is 15.8. The summed E-state index contributed by atoms with van der Waals surface area (Å²) in [5, 5.41) is 9.30. The van der Waals surface area contributed by atoms with Crippen molar-refractivity contribution in [2.75, 3.05) is 5.73 Å². The molecule has 1 aromatic rings. The van der Waals surface area contributed by atoms with E-state index in [1.54, 1.807) is 0 Å².